The average Bonchev–Trinajstić information content (AvgIpc) is 2.89. The van der Waals surface area contributed by atoms with Gasteiger partial charge >= 0.3 is 6.18 Å². The Labute approximate surface area is 227 Å². The van der Waals surface area contributed by atoms with Crippen molar-refractivity contribution in [3.05, 3.63) is 59.7 Å². The van der Waals surface area contributed by atoms with Crippen LogP contribution in [0.1, 0.15) is 50.2 Å². The lowest BCUT2D eigenvalue weighted by Gasteiger charge is -2.33. The summed E-state index contributed by atoms with van der Waals surface area (Å²) < 4.78 is 71.0. The molecule has 1 N–H and O–H groups in total. The van der Waals surface area contributed by atoms with Crippen molar-refractivity contribution < 1.29 is 35.9 Å². The van der Waals surface area contributed by atoms with Crippen molar-refractivity contribution in [2.24, 2.45) is 0 Å². The van der Waals surface area contributed by atoms with E-state index in [9.17, 15) is 31.2 Å². The molecule has 0 saturated heterocycles. The molecule has 0 bridgehead atoms. The Balaban J connectivity index is 1.90. The van der Waals surface area contributed by atoms with E-state index in [0.717, 1.165) is 50.5 Å². The number of anilines is 1. The molecular weight excluding hydrogens is 535 g/mol. The monoisotopic (exact) mass is 569 g/mol. The van der Waals surface area contributed by atoms with Gasteiger partial charge in [0.1, 0.15) is 18.3 Å². The summed E-state index contributed by atoms with van der Waals surface area (Å²) in [4.78, 5) is 28.0. The summed E-state index contributed by atoms with van der Waals surface area (Å²) in [6.07, 6.45) is 0.872. The number of hydrogen-bond donors (Lipinski definition) is 1. The number of benzene rings is 2. The van der Waals surface area contributed by atoms with Crippen LogP contribution in [-0.2, 0) is 32.3 Å². The zero-order chi connectivity index (χ0) is 28.8. The summed E-state index contributed by atoms with van der Waals surface area (Å²) >= 11 is 0. The first kappa shape index (κ1) is 30.3. The number of carbonyl (C=O) groups excluding carboxylic acids is 2. The molecule has 0 spiro atoms. The summed E-state index contributed by atoms with van der Waals surface area (Å²) in [5, 5.41) is 2.99. The molecule has 2 amide bonds. The van der Waals surface area contributed by atoms with Crippen molar-refractivity contribution in [2.75, 3.05) is 24.2 Å². The first-order valence-corrected chi connectivity index (χ1v) is 14.5. The summed E-state index contributed by atoms with van der Waals surface area (Å²) in [5.74, 6) is -0.527. The van der Waals surface area contributed by atoms with Gasteiger partial charge in [0.25, 0.3) is 0 Å². The Morgan fingerprint density at radius 3 is 2.28 bits per heavy atom. The number of alkyl halides is 3. The predicted molar refractivity (Wildman–Crippen MR) is 142 cm³/mol. The van der Waals surface area contributed by atoms with Crippen LogP contribution in [0.3, 0.4) is 0 Å². The summed E-state index contributed by atoms with van der Waals surface area (Å²) in [5.41, 5.74) is -0.688. The molecule has 1 saturated carbocycles. The number of hydrogen-bond acceptors (Lipinski definition) is 5. The van der Waals surface area contributed by atoms with Crippen molar-refractivity contribution in [3.63, 3.8) is 0 Å². The molecule has 0 radical (unpaired) electrons. The van der Waals surface area contributed by atoms with Gasteiger partial charge in [0, 0.05) is 12.6 Å². The third-order valence-corrected chi connectivity index (χ3v) is 7.91. The molecule has 1 aliphatic rings. The van der Waals surface area contributed by atoms with Crippen LogP contribution in [0, 0.1) is 0 Å². The Kier molecular flexibility index (Phi) is 9.87. The molecule has 1 aliphatic carbocycles. The molecule has 1 fully saturated rings. The quantitative estimate of drug-likeness (QED) is 0.459. The molecule has 3 rings (SSSR count). The van der Waals surface area contributed by atoms with Gasteiger partial charge in [-0.1, -0.05) is 37.5 Å². The zero-order valence-corrected chi connectivity index (χ0v) is 23.0. The number of ether oxygens (including phenoxy) is 1. The molecule has 0 unspecified atom stereocenters. The van der Waals surface area contributed by atoms with Gasteiger partial charge < -0.3 is 15.0 Å². The van der Waals surface area contributed by atoms with Gasteiger partial charge in [-0.2, -0.15) is 13.2 Å². The highest BCUT2D eigenvalue weighted by atomic mass is 32.2. The van der Waals surface area contributed by atoms with Gasteiger partial charge in [-0.25, -0.2) is 8.42 Å². The Hall–Kier alpha value is -3.28. The van der Waals surface area contributed by atoms with Gasteiger partial charge in [0.15, 0.2) is 0 Å². The minimum absolute atomic E-state index is 0.00994. The van der Waals surface area contributed by atoms with E-state index in [0.29, 0.717) is 21.7 Å². The van der Waals surface area contributed by atoms with E-state index in [1.54, 1.807) is 31.2 Å². The lowest BCUT2D eigenvalue weighted by molar-refractivity contribution is -0.139. The van der Waals surface area contributed by atoms with Crippen LogP contribution < -0.4 is 14.4 Å². The summed E-state index contributed by atoms with van der Waals surface area (Å²) in [6.45, 7) is 0.744. The number of carbonyl (C=O) groups is 2. The third kappa shape index (κ3) is 8.35. The van der Waals surface area contributed by atoms with E-state index in [2.05, 4.69) is 5.32 Å². The molecule has 2 aromatic carbocycles. The standard InChI is InChI=1S/C27H34F3N3O5S/c1-19(26(35)31-22-9-5-4-6-10-22)32(17-20-12-14-24(38-2)15-13-20)25(34)18-33(39(3,36)37)23-11-7-8-21(16-23)27(28,29)30/h7-8,11-16,19,22H,4-6,9-10,17-18H2,1-3H3,(H,31,35)/t19-/m1/s1. The predicted octanol–water partition coefficient (Wildman–Crippen LogP) is 4.35. The smallest absolute Gasteiger partial charge is 0.416 e. The highest BCUT2D eigenvalue weighted by Crippen LogP contribution is 2.32. The van der Waals surface area contributed by atoms with Crippen LogP contribution in [0.25, 0.3) is 0 Å². The van der Waals surface area contributed by atoms with Gasteiger partial charge in [0.05, 0.1) is 24.6 Å². The van der Waals surface area contributed by atoms with Crippen molar-refractivity contribution in [3.8, 4) is 5.75 Å². The molecule has 39 heavy (non-hydrogen) atoms. The van der Waals surface area contributed by atoms with Crippen LogP contribution in [-0.4, -0.2) is 57.1 Å². The maximum Gasteiger partial charge on any atom is 0.416 e. The van der Waals surface area contributed by atoms with Gasteiger partial charge in [-0.3, -0.25) is 13.9 Å². The highest BCUT2D eigenvalue weighted by molar-refractivity contribution is 7.92. The number of halogens is 3. The second kappa shape index (κ2) is 12.7. The van der Waals surface area contributed by atoms with E-state index in [-0.39, 0.29) is 24.2 Å². The van der Waals surface area contributed by atoms with Crippen molar-refractivity contribution >= 4 is 27.5 Å². The molecule has 8 nitrogen and oxygen atoms in total. The van der Waals surface area contributed by atoms with Crippen LogP contribution in [0.5, 0.6) is 5.75 Å². The largest absolute Gasteiger partial charge is 0.497 e. The summed E-state index contributed by atoms with van der Waals surface area (Å²) in [7, 11) is -2.65. The number of nitrogens with one attached hydrogen (secondary N) is 1. The molecule has 214 valence electrons. The second-order valence-electron chi connectivity index (χ2n) is 9.71. The lowest BCUT2D eigenvalue weighted by Crippen LogP contribution is -2.53. The van der Waals surface area contributed by atoms with Crippen molar-refractivity contribution in [1.82, 2.24) is 10.2 Å². The molecule has 0 aliphatic heterocycles. The average molecular weight is 570 g/mol. The maximum atomic E-state index is 13.6. The fourth-order valence-corrected chi connectivity index (χ4v) is 5.37. The summed E-state index contributed by atoms with van der Waals surface area (Å²) in [6, 6.07) is 9.60. The van der Waals surface area contributed by atoms with Crippen molar-refractivity contribution in [2.45, 2.75) is 63.8 Å². The van der Waals surface area contributed by atoms with E-state index < -0.39 is 40.3 Å². The Morgan fingerprint density at radius 2 is 1.72 bits per heavy atom. The molecule has 0 heterocycles. The number of sulfonamides is 1. The van der Waals surface area contributed by atoms with Crippen LogP contribution >= 0.6 is 0 Å². The van der Waals surface area contributed by atoms with Crippen LogP contribution in [0.15, 0.2) is 48.5 Å². The molecular formula is C27H34F3N3O5S. The van der Waals surface area contributed by atoms with Crippen LogP contribution in [0.2, 0.25) is 0 Å². The minimum Gasteiger partial charge on any atom is -0.497 e. The molecule has 1 atom stereocenters. The van der Waals surface area contributed by atoms with Gasteiger partial charge in [0.2, 0.25) is 21.8 Å². The normalized spacial score (nSPS) is 15.3. The fraction of sp³-hybridized carbons (Fsp3) is 0.481. The second-order valence-corrected chi connectivity index (χ2v) is 11.6. The van der Waals surface area contributed by atoms with Gasteiger partial charge in [-0.15, -0.1) is 0 Å². The Morgan fingerprint density at radius 1 is 1.08 bits per heavy atom. The first-order valence-electron chi connectivity index (χ1n) is 12.7. The molecule has 2 aromatic rings. The minimum atomic E-state index is -4.70. The lowest BCUT2D eigenvalue weighted by atomic mass is 9.95. The topological polar surface area (TPSA) is 96.0 Å². The van der Waals surface area contributed by atoms with Crippen LogP contribution in [0.4, 0.5) is 18.9 Å². The number of amides is 2. The number of nitrogens with zero attached hydrogens (tertiary/aromatic N) is 2. The van der Waals surface area contributed by atoms with Gasteiger partial charge in [-0.05, 0) is 55.7 Å². The van der Waals surface area contributed by atoms with E-state index >= 15 is 0 Å². The van der Waals surface area contributed by atoms with E-state index in [1.807, 2.05) is 0 Å². The first-order chi connectivity index (χ1) is 18.3. The number of rotatable bonds is 10. The van der Waals surface area contributed by atoms with E-state index in [4.69, 9.17) is 4.74 Å². The highest BCUT2D eigenvalue weighted by Gasteiger charge is 2.34. The molecule has 12 heteroatoms. The third-order valence-electron chi connectivity index (χ3n) is 6.77. The fourth-order valence-electron chi connectivity index (χ4n) is 4.53. The van der Waals surface area contributed by atoms with E-state index in [1.165, 1.54) is 18.1 Å². The zero-order valence-electron chi connectivity index (χ0n) is 22.2. The molecule has 0 aromatic heterocycles. The Bertz CT molecular complexity index is 1250. The SMILES string of the molecule is COc1ccc(CN(C(=O)CN(c2cccc(C(F)(F)F)c2)S(C)(=O)=O)[C@H](C)C(=O)NC2CCCCC2)cc1. The maximum absolute atomic E-state index is 13.6. The number of methoxy groups -OCH3 is 1. The van der Waals surface area contributed by atoms with Crippen molar-refractivity contribution in [1.29, 1.82) is 0 Å².